The van der Waals surface area contributed by atoms with Gasteiger partial charge in [0.2, 0.25) is 0 Å². The van der Waals surface area contributed by atoms with Crippen molar-refractivity contribution in [2.75, 3.05) is 0 Å². The maximum atomic E-state index is 6.49. The van der Waals surface area contributed by atoms with Gasteiger partial charge in [-0.2, -0.15) is 0 Å². The van der Waals surface area contributed by atoms with Crippen molar-refractivity contribution in [3.63, 3.8) is 0 Å². The van der Waals surface area contributed by atoms with Crippen LogP contribution in [0.5, 0.6) is 5.75 Å². The van der Waals surface area contributed by atoms with Crippen LogP contribution in [0.2, 0.25) is 0 Å². The lowest BCUT2D eigenvalue weighted by Gasteiger charge is -2.25. The molecule has 0 saturated carbocycles. The fraction of sp³-hybridized carbons (Fsp3) is 0.368. The van der Waals surface area contributed by atoms with Gasteiger partial charge in [0.1, 0.15) is 11.9 Å². The molecule has 0 amide bonds. The van der Waals surface area contributed by atoms with Gasteiger partial charge in [-0.25, -0.2) is 0 Å². The molecule has 0 saturated heterocycles. The van der Waals surface area contributed by atoms with E-state index in [0.29, 0.717) is 0 Å². The van der Waals surface area contributed by atoms with Gasteiger partial charge in [0.05, 0.1) is 6.04 Å². The number of hydrogen-bond acceptors (Lipinski definition) is 2. The second-order valence-corrected chi connectivity index (χ2v) is 6.04. The number of rotatable bonds is 2. The van der Waals surface area contributed by atoms with Crippen LogP contribution in [0, 0.1) is 13.8 Å². The fourth-order valence-electron chi connectivity index (χ4n) is 3.19. The molecular formula is C19H23NO. The highest BCUT2D eigenvalue weighted by molar-refractivity contribution is 5.37. The van der Waals surface area contributed by atoms with Crippen LogP contribution >= 0.6 is 0 Å². The zero-order valence-corrected chi connectivity index (χ0v) is 12.8. The average Bonchev–Trinajstić information content (AvgIpc) is 2.63. The number of aryl methyl sites for hydroxylation is 3. The Kier molecular flexibility index (Phi) is 3.98. The van der Waals surface area contributed by atoms with Crippen molar-refractivity contribution in [2.24, 2.45) is 5.73 Å². The molecule has 0 bridgehead atoms. The molecule has 0 aliphatic heterocycles. The Morgan fingerprint density at radius 2 is 1.90 bits per heavy atom. The van der Waals surface area contributed by atoms with Gasteiger partial charge in [0.25, 0.3) is 0 Å². The first-order valence-corrected chi connectivity index (χ1v) is 7.72. The Hall–Kier alpha value is -1.80. The van der Waals surface area contributed by atoms with Crippen LogP contribution in [-0.2, 0) is 6.42 Å². The number of fused-ring (bicyclic) bond motifs is 1. The highest BCUT2D eigenvalue weighted by Gasteiger charge is 2.26. The Bertz CT molecular complexity index is 635. The Morgan fingerprint density at radius 3 is 2.71 bits per heavy atom. The molecule has 2 N–H and O–H groups in total. The van der Waals surface area contributed by atoms with Gasteiger partial charge in [-0.3, -0.25) is 0 Å². The van der Waals surface area contributed by atoms with Gasteiger partial charge in [-0.05, 0) is 55.9 Å². The average molecular weight is 281 g/mol. The zero-order chi connectivity index (χ0) is 14.8. The van der Waals surface area contributed by atoms with Crippen LogP contribution in [0.25, 0.3) is 0 Å². The smallest absolute Gasteiger partial charge is 0.122 e. The molecule has 1 aliphatic carbocycles. The summed E-state index contributed by atoms with van der Waals surface area (Å²) in [6.45, 7) is 4.20. The topological polar surface area (TPSA) is 35.2 Å². The van der Waals surface area contributed by atoms with Crippen molar-refractivity contribution in [3.8, 4) is 5.75 Å². The SMILES string of the molecule is Cc1ccc(OC2CCCc3ccccc3C2N)c(C)c1. The zero-order valence-electron chi connectivity index (χ0n) is 12.8. The van der Waals surface area contributed by atoms with Crippen molar-refractivity contribution in [3.05, 3.63) is 64.7 Å². The van der Waals surface area contributed by atoms with Crippen molar-refractivity contribution in [1.82, 2.24) is 0 Å². The predicted octanol–water partition coefficient (Wildman–Crippen LogP) is 4.09. The van der Waals surface area contributed by atoms with E-state index in [1.807, 2.05) is 0 Å². The van der Waals surface area contributed by atoms with Crippen molar-refractivity contribution in [1.29, 1.82) is 0 Å². The molecule has 0 aromatic heterocycles. The number of nitrogens with two attached hydrogens (primary N) is 1. The highest BCUT2D eigenvalue weighted by Crippen LogP contribution is 2.31. The molecule has 2 atom stereocenters. The lowest BCUT2D eigenvalue weighted by atomic mass is 9.98. The molecule has 2 heteroatoms. The third-order valence-electron chi connectivity index (χ3n) is 4.36. The minimum atomic E-state index is -0.0515. The number of hydrogen-bond donors (Lipinski definition) is 1. The van der Waals surface area contributed by atoms with Gasteiger partial charge >= 0.3 is 0 Å². The molecule has 3 rings (SSSR count). The monoisotopic (exact) mass is 281 g/mol. The molecule has 21 heavy (non-hydrogen) atoms. The van der Waals surface area contributed by atoms with E-state index in [-0.39, 0.29) is 12.1 Å². The summed E-state index contributed by atoms with van der Waals surface area (Å²) in [7, 11) is 0. The van der Waals surface area contributed by atoms with Crippen molar-refractivity contribution < 1.29 is 4.74 Å². The van der Waals surface area contributed by atoms with Crippen molar-refractivity contribution in [2.45, 2.75) is 45.3 Å². The van der Waals surface area contributed by atoms with Gasteiger partial charge in [0, 0.05) is 0 Å². The van der Waals surface area contributed by atoms with E-state index < -0.39 is 0 Å². The quantitative estimate of drug-likeness (QED) is 0.842. The summed E-state index contributed by atoms with van der Waals surface area (Å²) in [6.07, 6.45) is 3.27. The van der Waals surface area contributed by atoms with Crippen LogP contribution in [0.4, 0.5) is 0 Å². The minimum Gasteiger partial charge on any atom is -0.488 e. The fourth-order valence-corrected chi connectivity index (χ4v) is 3.19. The molecule has 2 nitrogen and oxygen atoms in total. The summed E-state index contributed by atoms with van der Waals surface area (Å²) < 4.78 is 6.27. The number of benzene rings is 2. The van der Waals surface area contributed by atoms with Gasteiger partial charge in [-0.1, -0.05) is 42.0 Å². The van der Waals surface area contributed by atoms with Crippen LogP contribution in [-0.4, -0.2) is 6.10 Å². The predicted molar refractivity (Wildman–Crippen MR) is 86.6 cm³/mol. The molecular weight excluding hydrogens is 258 g/mol. The van der Waals surface area contributed by atoms with Crippen molar-refractivity contribution >= 4 is 0 Å². The second-order valence-electron chi connectivity index (χ2n) is 6.04. The van der Waals surface area contributed by atoms with Gasteiger partial charge in [0.15, 0.2) is 0 Å². The third-order valence-corrected chi connectivity index (χ3v) is 4.36. The maximum absolute atomic E-state index is 6.49. The molecule has 0 heterocycles. The Balaban J connectivity index is 1.86. The lowest BCUT2D eigenvalue weighted by Crippen LogP contribution is -2.31. The molecule has 2 aromatic rings. The first kappa shape index (κ1) is 14.2. The van der Waals surface area contributed by atoms with E-state index in [4.69, 9.17) is 10.5 Å². The normalized spacial score (nSPS) is 21.5. The molecule has 1 aliphatic rings. The standard InChI is InChI=1S/C19H23NO/c1-13-10-11-17(14(2)12-13)21-18-9-5-7-15-6-3-4-8-16(15)19(18)20/h3-4,6,8,10-12,18-19H,5,7,9,20H2,1-2H3. The maximum Gasteiger partial charge on any atom is 0.122 e. The number of ether oxygens (including phenoxy) is 1. The molecule has 0 radical (unpaired) electrons. The van der Waals surface area contributed by atoms with Crippen LogP contribution in [0.1, 0.15) is 41.1 Å². The summed E-state index contributed by atoms with van der Waals surface area (Å²) in [4.78, 5) is 0. The molecule has 0 fully saturated rings. The highest BCUT2D eigenvalue weighted by atomic mass is 16.5. The van der Waals surface area contributed by atoms with E-state index in [2.05, 4.69) is 56.3 Å². The second kappa shape index (κ2) is 5.90. The molecule has 2 aromatic carbocycles. The van der Waals surface area contributed by atoms with E-state index in [1.165, 1.54) is 22.3 Å². The Morgan fingerprint density at radius 1 is 1.10 bits per heavy atom. The summed E-state index contributed by atoms with van der Waals surface area (Å²) in [5.41, 5.74) is 11.5. The Labute approximate surface area is 126 Å². The van der Waals surface area contributed by atoms with E-state index in [9.17, 15) is 0 Å². The third kappa shape index (κ3) is 2.96. The van der Waals surface area contributed by atoms with Gasteiger partial charge < -0.3 is 10.5 Å². The van der Waals surface area contributed by atoms with E-state index >= 15 is 0 Å². The minimum absolute atomic E-state index is 0.0510. The summed E-state index contributed by atoms with van der Waals surface area (Å²) in [5.74, 6) is 0.959. The largest absolute Gasteiger partial charge is 0.488 e. The summed E-state index contributed by atoms with van der Waals surface area (Å²) >= 11 is 0. The summed E-state index contributed by atoms with van der Waals surface area (Å²) in [5, 5.41) is 0. The summed E-state index contributed by atoms with van der Waals surface area (Å²) in [6, 6.07) is 14.8. The van der Waals surface area contributed by atoms with E-state index in [1.54, 1.807) is 0 Å². The van der Waals surface area contributed by atoms with E-state index in [0.717, 1.165) is 25.0 Å². The van der Waals surface area contributed by atoms with Crippen LogP contribution in [0.3, 0.4) is 0 Å². The molecule has 110 valence electrons. The molecule has 0 spiro atoms. The first-order chi connectivity index (χ1) is 10.1. The van der Waals surface area contributed by atoms with Crippen LogP contribution < -0.4 is 10.5 Å². The molecule has 2 unspecified atom stereocenters. The lowest BCUT2D eigenvalue weighted by molar-refractivity contribution is 0.161. The van der Waals surface area contributed by atoms with Crippen LogP contribution in [0.15, 0.2) is 42.5 Å². The van der Waals surface area contributed by atoms with Gasteiger partial charge in [-0.15, -0.1) is 0 Å². The first-order valence-electron chi connectivity index (χ1n) is 7.72.